The van der Waals surface area contributed by atoms with E-state index in [0.29, 0.717) is 18.0 Å². The normalized spacial score (nSPS) is 15.9. The molecule has 6 heteroatoms. The van der Waals surface area contributed by atoms with E-state index in [-0.39, 0.29) is 18.4 Å². The van der Waals surface area contributed by atoms with Gasteiger partial charge < -0.3 is 14.4 Å². The van der Waals surface area contributed by atoms with Crippen LogP contribution in [-0.4, -0.2) is 47.6 Å². The summed E-state index contributed by atoms with van der Waals surface area (Å²) >= 11 is 0. The average Bonchev–Trinajstić information content (AvgIpc) is 2.84. The Hall–Kier alpha value is -3.41. The summed E-state index contributed by atoms with van der Waals surface area (Å²) in [7, 11) is 1.59. The minimum Gasteiger partial charge on any atom is -0.493 e. The first kappa shape index (κ1) is 21.8. The number of aryl methyl sites for hydroxylation is 1. The first-order chi connectivity index (χ1) is 15.6. The summed E-state index contributed by atoms with van der Waals surface area (Å²) in [6, 6.07) is 17.7. The molecule has 0 unspecified atom stereocenters. The van der Waals surface area contributed by atoms with Gasteiger partial charge in [-0.05, 0) is 43.0 Å². The standard InChI is InChI=1S/C26H29N3O3/c1-19-27-16-22(15-20-9-4-3-5-10-20)26(28-19)21-11-8-14-29(17-21)25(30)18-32-24-13-7-6-12-23(24)31-2/h3-7,9-10,12-13,16,21H,8,11,14-15,17-18H2,1-2H3/t21-/m0/s1. The van der Waals surface area contributed by atoms with E-state index in [4.69, 9.17) is 14.5 Å². The van der Waals surface area contributed by atoms with Crippen molar-refractivity contribution < 1.29 is 14.3 Å². The van der Waals surface area contributed by atoms with Crippen LogP contribution in [0, 0.1) is 6.92 Å². The molecule has 1 saturated heterocycles. The predicted molar refractivity (Wildman–Crippen MR) is 123 cm³/mol. The summed E-state index contributed by atoms with van der Waals surface area (Å²) in [5.41, 5.74) is 3.42. The smallest absolute Gasteiger partial charge is 0.260 e. The molecule has 3 aromatic rings. The number of hydrogen-bond acceptors (Lipinski definition) is 5. The lowest BCUT2D eigenvalue weighted by atomic mass is 9.90. The first-order valence-corrected chi connectivity index (χ1v) is 11.0. The quantitative estimate of drug-likeness (QED) is 0.562. The van der Waals surface area contributed by atoms with E-state index in [1.807, 2.05) is 60.5 Å². The van der Waals surface area contributed by atoms with Crippen molar-refractivity contribution in [2.75, 3.05) is 26.8 Å². The van der Waals surface area contributed by atoms with Crippen molar-refractivity contribution in [2.24, 2.45) is 0 Å². The van der Waals surface area contributed by atoms with Gasteiger partial charge >= 0.3 is 0 Å². The summed E-state index contributed by atoms with van der Waals surface area (Å²) in [4.78, 5) is 24.1. The molecular formula is C26H29N3O3. The Morgan fingerprint density at radius 3 is 2.62 bits per heavy atom. The molecule has 0 aliphatic carbocycles. The minimum atomic E-state index is -0.0176. The molecule has 32 heavy (non-hydrogen) atoms. The monoisotopic (exact) mass is 431 g/mol. The molecule has 0 radical (unpaired) electrons. The highest BCUT2D eigenvalue weighted by Crippen LogP contribution is 2.30. The SMILES string of the molecule is COc1ccccc1OCC(=O)N1CCC[C@H](c2nc(C)ncc2Cc2ccccc2)C1. The van der Waals surface area contributed by atoms with E-state index in [9.17, 15) is 4.79 Å². The van der Waals surface area contributed by atoms with Crippen molar-refractivity contribution in [3.63, 3.8) is 0 Å². The van der Waals surface area contributed by atoms with Crippen molar-refractivity contribution in [3.8, 4) is 11.5 Å². The van der Waals surface area contributed by atoms with E-state index in [1.54, 1.807) is 7.11 Å². The lowest BCUT2D eigenvalue weighted by molar-refractivity contribution is -0.134. The Balaban J connectivity index is 1.45. The fourth-order valence-corrected chi connectivity index (χ4v) is 4.21. The average molecular weight is 432 g/mol. The molecular weight excluding hydrogens is 402 g/mol. The number of piperidine rings is 1. The molecule has 1 aliphatic heterocycles. The zero-order valence-electron chi connectivity index (χ0n) is 18.7. The minimum absolute atomic E-state index is 0.00718. The van der Waals surface area contributed by atoms with E-state index < -0.39 is 0 Å². The molecule has 1 amide bonds. The Labute approximate surface area is 189 Å². The zero-order valence-corrected chi connectivity index (χ0v) is 18.7. The number of ether oxygens (including phenoxy) is 2. The van der Waals surface area contributed by atoms with Gasteiger partial charge in [-0.1, -0.05) is 42.5 Å². The summed E-state index contributed by atoms with van der Waals surface area (Å²) in [5.74, 6) is 2.14. The Morgan fingerprint density at radius 2 is 1.84 bits per heavy atom. The molecule has 2 heterocycles. The maximum atomic E-state index is 12.9. The number of aromatic nitrogens is 2. The van der Waals surface area contributed by atoms with Gasteiger partial charge in [0.1, 0.15) is 5.82 Å². The highest BCUT2D eigenvalue weighted by Gasteiger charge is 2.28. The molecule has 1 aromatic heterocycles. The van der Waals surface area contributed by atoms with Crippen molar-refractivity contribution in [3.05, 3.63) is 83.4 Å². The number of rotatable bonds is 7. The van der Waals surface area contributed by atoms with Gasteiger partial charge in [0.15, 0.2) is 18.1 Å². The van der Waals surface area contributed by atoms with Crippen LogP contribution in [0.3, 0.4) is 0 Å². The number of methoxy groups -OCH3 is 1. The van der Waals surface area contributed by atoms with Crippen molar-refractivity contribution in [1.29, 1.82) is 0 Å². The van der Waals surface area contributed by atoms with Crippen LogP contribution in [0.25, 0.3) is 0 Å². The lowest BCUT2D eigenvalue weighted by Crippen LogP contribution is -2.42. The Bertz CT molecular complexity index is 1060. The topological polar surface area (TPSA) is 64.6 Å². The van der Waals surface area contributed by atoms with Gasteiger partial charge in [0.2, 0.25) is 0 Å². The highest BCUT2D eigenvalue weighted by molar-refractivity contribution is 5.78. The van der Waals surface area contributed by atoms with Crippen LogP contribution in [-0.2, 0) is 11.2 Å². The van der Waals surface area contributed by atoms with Crippen LogP contribution in [0.4, 0.5) is 0 Å². The van der Waals surface area contributed by atoms with Gasteiger partial charge in [-0.3, -0.25) is 4.79 Å². The summed E-state index contributed by atoms with van der Waals surface area (Å²) < 4.78 is 11.1. The van der Waals surface area contributed by atoms with Gasteiger partial charge in [0.25, 0.3) is 5.91 Å². The second-order valence-electron chi connectivity index (χ2n) is 8.11. The van der Waals surface area contributed by atoms with Crippen molar-refractivity contribution in [1.82, 2.24) is 14.9 Å². The molecule has 0 spiro atoms. The summed E-state index contributed by atoms with van der Waals surface area (Å²) in [6.45, 7) is 3.30. The Kier molecular flexibility index (Phi) is 7.00. The van der Waals surface area contributed by atoms with Gasteiger partial charge in [0, 0.05) is 31.6 Å². The molecule has 0 saturated carbocycles. The molecule has 0 bridgehead atoms. The number of benzene rings is 2. The third kappa shape index (κ3) is 5.25. The molecule has 1 fully saturated rings. The molecule has 6 nitrogen and oxygen atoms in total. The predicted octanol–water partition coefficient (Wildman–Crippen LogP) is 4.17. The molecule has 166 valence electrons. The summed E-state index contributed by atoms with van der Waals surface area (Å²) in [6.07, 6.45) is 4.68. The van der Waals surface area contributed by atoms with Crippen LogP contribution in [0.1, 0.15) is 41.4 Å². The highest BCUT2D eigenvalue weighted by atomic mass is 16.5. The largest absolute Gasteiger partial charge is 0.493 e. The maximum absolute atomic E-state index is 12.9. The zero-order chi connectivity index (χ0) is 22.3. The van der Waals surface area contributed by atoms with E-state index in [2.05, 4.69) is 17.1 Å². The van der Waals surface area contributed by atoms with Crippen LogP contribution < -0.4 is 9.47 Å². The third-order valence-electron chi connectivity index (χ3n) is 5.84. The van der Waals surface area contributed by atoms with Crippen LogP contribution >= 0.6 is 0 Å². The Morgan fingerprint density at radius 1 is 1.09 bits per heavy atom. The fraction of sp³-hybridized carbons (Fsp3) is 0.346. The number of nitrogens with zero attached hydrogens (tertiary/aromatic N) is 3. The van der Waals surface area contributed by atoms with Crippen LogP contribution in [0.5, 0.6) is 11.5 Å². The van der Waals surface area contributed by atoms with Crippen molar-refractivity contribution in [2.45, 2.75) is 32.1 Å². The molecule has 4 rings (SSSR count). The number of hydrogen-bond donors (Lipinski definition) is 0. The fourth-order valence-electron chi connectivity index (χ4n) is 4.21. The molecule has 2 aromatic carbocycles. The number of carbonyl (C=O) groups is 1. The molecule has 1 aliphatic rings. The molecule has 1 atom stereocenters. The number of amides is 1. The van der Waals surface area contributed by atoms with E-state index in [0.717, 1.165) is 42.9 Å². The van der Waals surface area contributed by atoms with Gasteiger partial charge in [0.05, 0.1) is 12.8 Å². The van der Waals surface area contributed by atoms with Crippen LogP contribution in [0.15, 0.2) is 60.8 Å². The van der Waals surface area contributed by atoms with Gasteiger partial charge in [-0.15, -0.1) is 0 Å². The molecule has 0 N–H and O–H groups in total. The van der Waals surface area contributed by atoms with Gasteiger partial charge in [-0.2, -0.15) is 0 Å². The summed E-state index contributed by atoms with van der Waals surface area (Å²) in [5, 5.41) is 0. The maximum Gasteiger partial charge on any atom is 0.260 e. The number of para-hydroxylation sites is 2. The third-order valence-corrected chi connectivity index (χ3v) is 5.84. The second kappa shape index (κ2) is 10.3. The number of likely N-dealkylation sites (tertiary alicyclic amines) is 1. The second-order valence-corrected chi connectivity index (χ2v) is 8.11. The van der Waals surface area contributed by atoms with Crippen LogP contribution in [0.2, 0.25) is 0 Å². The number of carbonyl (C=O) groups excluding carboxylic acids is 1. The first-order valence-electron chi connectivity index (χ1n) is 11.0. The van der Waals surface area contributed by atoms with E-state index in [1.165, 1.54) is 5.56 Å². The van der Waals surface area contributed by atoms with Gasteiger partial charge in [-0.25, -0.2) is 9.97 Å². The van der Waals surface area contributed by atoms with E-state index >= 15 is 0 Å². The van der Waals surface area contributed by atoms with Crippen molar-refractivity contribution >= 4 is 5.91 Å². The lowest BCUT2D eigenvalue weighted by Gasteiger charge is -2.33.